The monoisotopic (exact) mass is 621 g/mol. The Bertz CT molecular complexity index is 968. The number of hydrogen-bond acceptors (Lipinski definition) is 0. The van der Waals surface area contributed by atoms with Crippen molar-refractivity contribution >= 4 is 0 Å². The maximum atomic E-state index is 4.39. The molecule has 0 N–H and O–H groups in total. The molecule has 260 valence electrons. The fourth-order valence-electron chi connectivity index (χ4n) is 5.86. The van der Waals surface area contributed by atoms with Gasteiger partial charge >= 0.3 is 0 Å². The van der Waals surface area contributed by atoms with Crippen LogP contribution in [0, 0.1) is 25.2 Å². The van der Waals surface area contributed by atoms with Crippen molar-refractivity contribution in [2.75, 3.05) is 0 Å². The zero-order valence-corrected chi connectivity index (χ0v) is 33.4. The topological polar surface area (TPSA) is 0 Å². The van der Waals surface area contributed by atoms with Gasteiger partial charge in [-0.1, -0.05) is 175 Å². The minimum atomic E-state index is 0.276. The predicted octanol–water partition coefficient (Wildman–Crippen LogP) is 15.8. The first-order valence-electron chi connectivity index (χ1n) is 18.1. The highest BCUT2D eigenvalue weighted by atomic mass is 14.3. The van der Waals surface area contributed by atoms with Gasteiger partial charge in [0.15, 0.2) is 0 Å². The molecule has 0 aliphatic heterocycles. The molecule has 0 fully saturated rings. The molecule has 0 aromatic heterocycles. The Labute approximate surface area is 286 Å². The van der Waals surface area contributed by atoms with Crippen molar-refractivity contribution in [2.45, 2.75) is 167 Å². The molecule has 45 heavy (non-hydrogen) atoms. The van der Waals surface area contributed by atoms with E-state index in [0.717, 1.165) is 19.3 Å². The first-order valence-corrected chi connectivity index (χ1v) is 18.1. The zero-order valence-electron chi connectivity index (χ0n) is 33.4. The second-order valence-corrected chi connectivity index (χ2v) is 13.0. The summed E-state index contributed by atoms with van der Waals surface area (Å²) in [5.41, 5.74) is 10.3. The Kier molecular flexibility index (Phi) is 32.0. The van der Waals surface area contributed by atoms with Gasteiger partial charge in [0.25, 0.3) is 0 Å². The van der Waals surface area contributed by atoms with Crippen LogP contribution < -0.4 is 0 Å². The predicted molar refractivity (Wildman–Crippen MR) is 215 cm³/mol. The van der Waals surface area contributed by atoms with E-state index in [4.69, 9.17) is 0 Å². The van der Waals surface area contributed by atoms with E-state index in [1.807, 2.05) is 33.8 Å². The van der Waals surface area contributed by atoms with Gasteiger partial charge in [-0.05, 0) is 98.3 Å². The van der Waals surface area contributed by atoms with Crippen LogP contribution in [-0.2, 0) is 5.41 Å². The van der Waals surface area contributed by atoms with Crippen molar-refractivity contribution in [1.82, 2.24) is 0 Å². The summed E-state index contributed by atoms with van der Waals surface area (Å²) in [5, 5.41) is 0. The molecule has 1 unspecified atom stereocenters. The third kappa shape index (κ3) is 21.2. The number of allylic oxidation sites excluding steroid dienone is 7. The third-order valence-corrected chi connectivity index (χ3v) is 8.37. The molecule has 0 aliphatic rings. The minimum Gasteiger partial charge on any atom is -0.106 e. The second kappa shape index (κ2) is 29.1. The molecule has 1 aromatic carbocycles. The summed E-state index contributed by atoms with van der Waals surface area (Å²) in [7, 11) is 0. The van der Waals surface area contributed by atoms with E-state index in [2.05, 4.69) is 139 Å². The molecule has 1 atom stereocenters. The van der Waals surface area contributed by atoms with E-state index in [9.17, 15) is 0 Å². The number of aryl methyl sites for hydroxylation is 2. The molecule has 0 nitrogen and oxygen atoms in total. The van der Waals surface area contributed by atoms with Crippen LogP contribution in [0.3, 0.4) is 0 Å². The molecule has 1 aromatic rings. The number of hydrogen-bond donors (Lipinski definition) is 0. The summed E-state index contributed by atoms with van der Waals surface area (Å²) in [6.07, 6.45) is 16.9. The van der Waals surface area contributed by atoms with Gasteiger partial charge in [0.1, 0.15) is 0 Å². The maximum absolute atomic E-state index is 4.39. The average molecular weight is 621 g/mol. The zero-order chi connectivity index (χ0) is 36.2. The Morgan fingerprint density at radius 2 is 1.44 bits per heavy atom. The molecule has 0 bridgehead atoms. The Morgan fingerprint density at radius 1 is 0.911 bits per heavy atom. The van der Waals surface area contributed by atoms with Crippen LogP contribution in [0.1, 0.15) is 164 Å². The van der Waals surface area contributed by atoms with E-state index in [1.165, 1.54) is 71.9 Å². The Hall–Kier alpha value is -2.34. The van der Waals surface area contributed by atoms with Crippen molar-refractivity contribution < 1.29 is 0 Å². The van der Waals surface area contributed by atoms with Crippen LogP contribution in [0.4, 0.5) is 0 Å². The number of benzene rings is 1. The van der Waals surface area contributed by atoms with Gasteiger partial charge in [-0.2, -0.15) is 0 Å². The van der Waals surface area contributed by atoms with Crippen LogP contribution in [0.15, 0.2) is 91.6 Å². The van der Waals surface area contributed by atoms with Gasteiger partial charge in [0.2, 0.25) is 0 Å². The summed E-state index contributed by atoms with van der Waals surface area (Å²) in [6, 6.07) is 6.68. The van der Waals surface area contributed by atoms with Gasteiger partial charge in [0.05, 0.1) is 0 Å². The highest BCUT2D eigenvalue weighted by Crippen LogP contribution is 2.42. The molecule has 0 heteroatoms. The van der Waals surface area contributed by atoms with Crippen molar-refractivity contribution in [1.29, 1.82) is 0 Å². The van der Waals surface area contributed by atoms with Gasteiger partial charge in [-0.15, -0.1) is 13.2 Å². The van der Waals surface area contributed by atoms with E-state index in [1.54, 1.807) is 5.57 Å². The number of rotatable bonds is 15. The third-order valence-electron chi connectivity index (χ3n) is 8.37. The Morgan fingerprint density at radius 3 is 1.82 bits per heavy atom. The molecule has 0 radical (unpaired) electrons. The normalized spacial score (nSPS) is 12.0. The largest absolute Gasteiger partial charge is 0.106 e. The van der Waals surface area contributed by atoms with Gasteiger partial charge in [-0.25, -0.2) is 0 Å². The fourth-order valence-corrected chi connectivity index (χ4v) is 5.86. The lowest BCUT2D eigenvalue weighted by molar-refractivity contribution is 0.230. The van der Waals surface area contributed by atoms with Gasteiger partial charge in [-0.3, -0.25) is 0 Å². The lowest BCUT2D eigenvalue weighted by Crippen LogP contribution is -2.21. The first-order chi connectivity index (χ1) is 21.2. The van der Waals surface area contributed by atoms with Crippen molar-refractivity contribution in [3.63, 3.8) is 0 Å². The summed E-state index contributed by atoms with van der Waals surface area (Å²) >= 11 is 0. The average Bonchev–Trinajstić information content (AvgIpc) is 3.02. The molecular formula is C45H80. The van der Waals surface area contributed by atoms with Crippen molar-refractivity contribution in [3.8, 4) is 0 Å². The summed E-state index contributed by atoms with van der Waals surface area (Å²) < 4.78 is 0. The first kappa shape index (κ1) is 49.5. The fraction of sp³-hybridized carbons (Fsp3) is 0.600. The highest BCUT2D eigenvalue weighted by molar-refractivity contribution is 5.47. The molecule has 0 spiro atoms. The summed E-state index contributed by atoms with van der Waals surface area (Å²) in [4.78, 5) is 0. The van der Waals surface area contributed by atoms with E-state index in [-0.39, 0.29) is 5.41 Å². The quantitative estimate of drug-likeness (QED) is 0.135. The Balaban J connectivity index is -0.000000385. The van der Waals surface area contributed by atoms with E-state index in [0.29, 0.717) is 11.3 Å². The highest BCUT2D eigenvalue weighted by Gasteiger charge is 2.28. The van der Waals surface area contributed by atoms with E-state index < -0.39 is 0 Å². The molecule has 0 aliphatic carbocycles. The lowest BCUT2D eigenvalue weighted by atomic mass is 9.71. The molecule has 0 heterocycles. The van der Waals surface area contributed by atoms with Crippen molar-refractivity contribution in [2.24, 2.45) is 11.3 Å². The molecular weight excluding hydrogens is 540 g/mol. The minimum absolute atomic E-state index is 0.276. The SMILES string of the molecule is C=C.C=C/C=C\CC(C)CC/C(CC(CC)(CC)CCC)=C(/C(=C)C)C(=C)CC.CC.CC.Cc1ccc(C(C)(C)C)c(C)c1. The standard InChI is InChI=1S/C27H46.C12H18.2C2H6.C2H4/c1-10-15-16-17-23(8)18-19-25(26(22(6)7)24(9)12-3)21-27(13-4,14-5)20-11-2;1-9-6-7-11(10(2)8-9)12(3,4)5;3*1-2/h10,15-16,23H,1,6,9,11-14,17-21H2,2-5,7-8H3;6-8H,1-5H3;2*1-2H3;1-2H2/b16-15-,26-25+;;;;. The second-order valence-electron chi connectivity index (χ2n) is 13.0. The molecule has 1 rings (SSSR count). The van der Waals surface area contributed by atoms with Crippen LogP contribution >= 0.6 is 0 Å². The smallest absolute Gasteiger partial charge is 0.0129 e. The van der Waals surface area contributed by atoms with Crippen LogP contribution in [0.2, 0.25) is 0 Å². The lowest BCUT2D eigenvalue weighted by Gasteiger charge is -2.34. The van der Waals surface area contributed by atoms with Crippen LogP contribution in [0.5, 0.6) is 0 Å². The van der Waals surface area contributed by atoms with Gasteiger partial charge < -0.3 is 0 Å². The summed E-state index contributed by atoms with van der Waals surface area (Å²) in [6.45, 7) is 51.4. The maximum Gasteiger partial charge on any atom is -0.0129 e. The van der Waals surface area contributed by atoms with Crippen molar-refractivity contribution in [3.05, 3.63) is 108 Å². The molecule has 0 amide bonds. The van der Waals surface area contributed by atoms with Crippen LogP contribution in [-0.4, -0.2) is 0 Å². The molecule has 0 saturated heterocycles. The van der Waals surface area contributed by atoms with Crippen LogP contribution in [0.25, 0.3) is 0 Å². The van der Waals surface area contributed by atoms with E-state index >= 15 is 0 Å². The van der Waals surface area contributed by atoms with Gasteiger partial charge in [0, 0.05) is 0 Å². The molecule has 0 saturated carbocycles. The summed E-state index contributed by atoms with van der Waals surface area (Å²) in [5.74, 6) is 0.682.